The summed E-state index contributed by atoms with van der Waals surface area (Å²) in [5, 5.41) is 5.46. The molecule has 0 radical (unpaired) electrons. The van der Waals surface area contributed by atoms with Gasteiger partial charge in [-0.25, -0.2) is 9.97 Å². The van der Waals surface area contributed by atoms with Crippen molar-refractivity contribution in [1.29, 1.82) is 0 Å². The highest BCUT2D eigenvalue weighted by Crippen LogP contribution is 2.38. The van der Waals surface area contributed by atoms with Crippen molar-refractivity contribution in [3.05, 3.63) is 33.9 Å². The van der Waals surface area contributed by atoms with Gasteiger partial charge in [-0.2, -0.15) is 0 Å². The van der Waals surface area contributed by atoms with Crippen LogP contribution in [0.5, 0.6) is 0 Å². The lowest BCUT2D eigenvalue weighted by Crippen LogP contribution is -1.99. The van der Waals surface area contributed by atoms with Crippen LogP contribution in [0.25, 0.3) is 20.7 Å². The van der Waals surface area contributed by atoms with Crippen LogP contribution in [0.2, 0.25) is 5.15 Å². The Morgan fingerprint density at radius 1 is 1.35 bits per heavy atom. The second-order valence-electron chi connectivity index (χ2n) is 3.93. The summed E-state index contributed by atoms with van der Waals surface area (Å²) in [6.07, 6.45) is 5.13. The summed E-state index contributed by atoms with van der Waals surface area (Å²) in [6, 6.07) is 4.08. The number of rotatable bonds is 4. The smallest absolute Gasteiger partial charge is 0.157 e. The fourth-order valence-electron chi connectivity index (χ4n) is 1.82. The summed E-state index contributed by atoms with van der Waals surface area (Å²) in [5.74, 6) is 2.96. The normalized spacial score (nSPS) is 10.8. The first-order chi connectivity index (χ1) is 9.79. The number of thiophene rings is 2. The van der Waals surface area contributed by atoms with Gasteiger partial charge in [0.25, 0.3) is 0 Å². The molecule has 0 aliphatic heterocycles. The fraction of sp³-hybridized carbons (Fsp3) is 0.143. The Morgan fingerprint density at radius 3 is 3.00 bits per heavy atom. The van der Waals surface area contributed by atoms with Crippen LogP contribution >= 0.6 is 34.3 Å². The van der Waals surface area contributed by atoms with Crippen LogP contribution in [-0.2, 0) is 11.3 Å². The molecule has 0 aromatic carbocycles. The van der Waals surface area contributed by atoms with Crippen LogP contribution in [-0.4, -0.2) is 16.6 Å². The van der Waals surface area contributed by atoms with E-state index in [0.29, 0.717) is 11.0 Å². The third-order valence-corrected chi connectivity index (χ3v) is 4.69. The molecule has 0 fully saturated rings. The molecule has 3 heterocycles. The summed E-state index contributed by atoms with van der Waals surface area (Å²) in [5.41, 5.74) is 1.08. The summed E-state index contributed by atoms with van der Waals surface area (Å²) in [6.45, 7) is 0.510. The Kier molecular flexibility index (Phi) is 3.99. The molecule has 0 aliphatic rings. The van der Waals surface area contributed by atoms with Crippen molar-refractivity contribution in [3.63, 3.8) is 0 Å². The molecule has 0 saturated carbocycles. The van der Waals surface area contributed by atoms with Crippen molar-refractivity contribution in [2.24, 2.45) is 0 Å². The molecule has 6 heteroatoms. The molecule has 0 bridgehead atoms. The molecule has 0 aliphatic carbocycles. The van der Waals surface area contributed by atoms with Crippen molar-refractivity contribution in [2.45, 2.75) is 6.61 Å². The Labute approximate surface area is 129 Å². The highest BCUT2D eigenvalue weighted by Gasteiger charge is 2.14. The predicted molar refractivity (Wildman–Crippen MR) is 84.2 cm³/mol. The Morgan fingerprint density at radius 2 is 2.25 bits per heavy atom. The van der Waals surface area contributed by atoms with Gasteiger partial charge < -0.3 is 4.74 Å². The number of hydrogen-bond donors (Lipinski definition) is 0. The molecule has 3 aromatic rings. The lowest BCUT2D eigenvalue weighted by molar-refractivity contribution is 0.147. The first-order valence-electron chi connectivity index (χ1n) is 5.78. The maximum atomic E-state index is 6.30. The van der Waals surface area contributed by atoms with Gasteiger partial charge in [0.2, 0.25) is 0 Å². The molecule has 0 unspecified atom stereocenters. The van der Waals surface area contributed by atoms with Gasteiger partial charge in [-0.05, 0) is 11.4 Å². The van der Waals surface area contributed by atoms with Crippen molar-refractivity contribution >= 4 is 44.5 Å². The van der Waals surface area contributed by atoms with Gasteiger partial charge in [0.1, 0.15) is 23.2 Å². The zero-order valence-electron chi connectivity index (χ0n) is 10.3. The SMILES string of the molecule is C#CCOCc1nc(Cl)c2c(-c3cccs3)csc2n1. The molecule has 0 N–H and O–H groups in total. The van der Waals surface area contributed by atoms with E-state index in [0.717, 1.165) is 20.7 Å². The van der Waals surface area contributed by atoms with E-state index < -0.39 is 0 Å². The molecule has 3 rings (SSSR count). The van der Waals surface area contributed by atoms with E-state index in [9.17, 15) is 0 Å². The molecule has 3 nitrogen and oxygen atoms in total. The average Bonchev–Trinajstić information content (AvgIpc) is 3.07. The number of aromatic nitrogens is 2. The van der Waals surface area contributed by atoms with Crippen LogP contribution in [0.1, 0.15) is 5.82 Å². The van der Waals surface area contributed by atoms with Crippen LogP contribution < -0.4 is 0 Å². The first-order valence-corrected chi connectivity index (χ1v) is 7.92. The monoisotopic (exact) mass is 320 g/mol. The Hall–Kier alpha value is -1.45. The zero-order chi connectivity index (χ0) is 13.9. The number of nitrogens with zero attached hydrogens (tertiary/aromatic N) is 2. The van der Waals surface area contributed by atoms with Gasteiger partial charge >= 0.3 is 0 Å². The van der Waals surface area contributed by atoms with Gasteiger partial charge in [0, 0.05) is 15.8 Å². The van der Waals surface area contributed by atoms with Gasteiger partial charge in [-0.15, -0.1) is 29.1 Å². The molecule has 20 heavy (non-hydrogen) atoms. The highest BCUT2D eigenvalue weighted by atomic mass is 35.5. The topological polar surface area (TPSA) is 35.0 Å². The van der Waals surface area contributed by atoms with E-state index in [2.05, 4.69) is 27.3 Å². The largest absolute Gasteiger partial charge is 0.361 e. The van der Waals surface area contributed by atoms with Crippen LogP contribution in [0.4, 0.5) is 0 Å². The van der Waals surface area contributed by atoms with Crippen LogP contribution in [0.3, 0.4) is 0 Å². The standard InChI is InChI=1S/C14H9ClN2OS2/c1-2-5-18-7-11-16-13(15)12-9(8-20-14(12)17-11)10-4-3-6-19-10/h1,3-4,6,8H,5,7H2. The quantitative estimate of drug-likeness (QED) is 0.410. The minimum absolute atomic E-state index is 0.240. The summed E-state index contributed by atoms with van der Waals surface area (Å²) < 4.78 is 5.24. The molecule has 3 aromatic heterocycles. The third-order valence-electron chi connectivity index (χ3n) is 2.64. The average molecular weight is 321 g/mol. The van der Waals surface area contributed by atoms with Crippen LogP contribution in [0.15, 0.2) is 22.9 Å². The van der Waals surface area contributed by atoms with Crippen LogP contribution in [0, 0.1) is 12.3 Å². The van der Waals surface area contributed by atoms with Gasteiger partial charge in [0.05, 0.1) is 5.39 Å². The summed E-state index contributed by atoms with van der Waals surface area (Å²) >= 11 is 9.53. The number of terminal acetylenes is 1. The van der Waals surface area contributed by atoms with Crippen molar-refractivity contribution in [3.8, 4) is 22.8 Å². The van der Waals surface area contributed by atoms with E-state index in [1.54, 1.807) is 22.7 Å². The first kappa shape index (κ1) is 13.5. The zero-order valence-corrected chi connectivity index (χ0v) is 12.7. The minimum atomic E-state index is 0.240. The molecule has 0 saturated heterocycles. The van der Waals surface area contributed by atoms with Gasteiger partial charge in [-0.1, -0.05) is 23.6 Å². The van der Waals surface area contributed by atoms with Crippen molar-refractivity contribution in [2.75, 3.05) is 6.61 Å². The molecular weight excluding hydrogens is 312 g/mol. The maximum absolute atomic E-state index is 6.30. The lowest BCUT2D eigenvalue weighted by atomic mass is 10.2. The van der Waals surface area contributed by atoms with Crippen molar-refractivity contribution < 1.29 is 4.74 Å². The van der Waals surface area contributed by atoms with Gasteiger partial charge in [0.15, 0.2) is 5.82 Å². The minimum Gasteiger partial charge on any atom is -0.361 e. The van der Waals surface area contributed by atoms with E-state index in [1.165, 1.54) is 0 Å². The van der Waals surface area contributed by atoms with E-state index in [-0.39, 0.29) is 13.2 Å². The predicted octanol–water partition coefficient (Wildman–Crippen LogP) is 4.22. The Bertz CT molecular complexity index is 774. The van der Waals surface area contributed by atoms with E-state index in [4.69, 9.17) is 22.8 Å². The Balaban J connectivity index is 2.01. The molecular formula is C14H9ClN2OS2. The van der Waals surface area contributed by atoms with Crippen molar-refractivity contribution in [1.82, 2.24) is 9.97 Å². The molecule has 0 amide bonds. The number of hydrogen-bond acceptors (Lipinski definition) is 5. The fourth-order valence-corrected chi connectivity index (χ4v) is 3.94. The maximum Gasteiger partial charge on any atom is 0.157 e. The number of ether oxygens (including phenoxy) is 1. The summed E-state index contributed by atoms with van der Waals surface area (Å²) in [4.78, 5) is 10.8. The van der Waals surface area contributed by atoms with E-state index in [1.807, 2.05) is 11.4 Å². The second-order valence-corrected chi connectivity index (χ2v) is 6.10. The van der Waals surface area contributed by atoms with Gasteiger partial charge in [-0.3, -0.25) is 0 Å². The second kappa shape index (κ2) is 5.90. The summed E-state index contributed by atoms with van der Waals surface area (Å²) in [7, 11) is 0. The number of halogens is 1. The molecule has 0 spiro atoms. The lowest BCUT2D eigenvalue weighted by Gasteiger charge is -2.02. The molecule has 0 atom stereocenters. The molecule has 100 valence electrons. The highest BCUT2D eigenvalue weighted by molar-refractivity contribution is 7.18. The third kappa shape index (κ3) is 2.56. The number of fused-ring (bicyclic) bond motifs is 1. The van der Waals surface area contributed by atoms with E-state index >= 15 is 0 Å².